The summed E-state index contributed by atoms with van der Waals surface area (Å²) in [5.74, 6) is -0.430. The van der Waals surface area contributed by atoms with Crippen molar-refractivity contribution >= 4 is 17.3 Å². The Morgan fingerprint density at radius 2 is 2.15 bits per heavy atom. The van der Waals surface area contributed by atoms with Crippen LogP contribution in [0.4, 0.5) is 11.4 Å². The summed E-state index contributed by atoms with van der Waals surface area (Å²) >= 11 is 0. The van der Waals surface area contributed by atoms with E-state index in [1.54, 1.807) is 19.9 Å². The van der Waals surface area contributed by atoms with Crippen LogP contribution in [0.15, 0.2) is 23.0 Å². The summed E-state index contributed by atoms with van der Waals surface area (Å²) in [6, 6.07) is 5.75. The molecule has 134 valence electrons. The number of hydrogen-bond donors (Lipinski definition) is 1. The van der Waals surface area contributed by atoms with Crippen LogP contribution >= 0.6 is 0 Å². The van der Waals surface area contributed by atoms with Crippen molar-refractivity contribution < 1.29 is 14.5 Å². The molecule has 2 rings (SSSR count). The Morgan fingerprint density at radius 1 is 1.46 bits per heavy atom. The molecule has 1 amide bonds. The fourth-order valence-corrected chi connectivity index (χ4v) is 2.23. The van der Waals surface area contributed by atoms with Gasteiger partial charge in [0.05, 0.1) is 23.8 Å². The SMILES string of the molecule is COc1ccc(NC(=O)Cn2nc(C)c(C)c(C#N)c2=O)c([N+](=O)[O-])c1. The first-order valence-electron chi connectivity index (χ1n) is 7.39. The number of nitrogens with one attached hydrogen (secondary N) is 1. The summed E-state index contributed by atoms with van der Waals surface area (Å²) in [4.78, 5) is 34.9. The van der Waals surface area contributed by atoms with Gasteiger partial charge in [-0.25, -0.2) is 4.68 Å². The second-order valence-corrected chi connectivity index (χ2v) is 5.35. The third-order valence-corrected chi connectivity index (χ3v) is 3.72. The van der Waals surface area contributed by atoms with Crippen LogP contribution in [0.25, 0.3) is 0 Å². The predicted molar refractivity (Wildman–Crippen MR) is 91.0 cm³/mol. The first kappa shape index (κ1) is 18.6. The minimum Gasteiger partial charge on any atom is -0.496 e. The summed E-state index contributed by atoms with van der Waals surface area (Å²) in [5, 5.41) is 26.6. The topological polar surface area (TPSA) is 140 Å². The minimum atomic E-state index is -0.699. The number of carbonyl (C=O) groups excluding carboxylic acids is 1. The maximum Gasteiger partial charge on any atom is 0.296 e. The van der Waals surface area contributed by atoms with Crippen LogP contribution in [-0.2, 0) is 11.3 Å². The summed E-state index contributed by atoms with van der Waals surface area (Å²) in [6.45, 7) is 2.71. The van der Waals surface area contributed by atoms with Gasteiger partial charge >= 0.3 is 0 Å². The fourth-order valence-electron chi connectivity index (χ4n) is 2.23. The molecule has 0 unspecified atom stereocenters. The summed E-state index contributed by atoms with van der Waals surface area (Å²) in [6.07, 6.45) is 0. The number of anilines is 1. The second kappa shape index (κ2) is 7.43. The van der Waals surface area contributed by atoms with E-state index in [0.717, 1.165) is 4.68 Å². The van der Waals surface area contributed by atoms with Gasteiger partial charge in [-0.3, -0.25) is 19.7 Å². The van der Waals surface area contributed by atoms with Crippen LogP contribution in [-0.4, -0.2) is 27.7 Å². The van der Waals surface area contributed by atoms with Gasteiger partial charge in [-0.2, -0.15) is 10.4 Å². The molecule has 0 fully saturated rings. The molecule has 0 saturated carbocycles. The Balaban J connectivity index is 2.31. The van der Waals surface area contributed by atoms with Gasteiger partial charge in [0.2, 0.25) is 5.91 Å². The van der Waals surface area contributed by atoms with E-state index in [2.05, 4.69) is 10.4 Å². The zero-order valence-corrected chi connectivity index (χ0v) is 14.3. The van der Waals surface area contributed by atoms with E-state index in [9.17, 15) is 19.7 Å². The number of nitro benzene ring substituents is 1. The lowest BCUT2D eigenvalue weighted by atomic mass is 10.1. The number of aryl methyl sites for hydroxylation is 1. The highest BCUT2D eigenvalue weighted by molar-refractivity contribution is 5.93. The molecule has 1 aromatic heterocycles. The molecule has 10 heteroatoms. The van der Waals surface area contributed by atoms with Crippen molar-refractivity contribution in [3.8, 4) is 11.8 Å². The van der Waals surface area contributed by atoms with Gasteiger partial charge in [-0.1, -0.05) is 0 Å². The average Bonchev–Trinajstić information content (AvgIpc) is 2.60. The van der Waals surface area contributed by atoms with Crippen molar-refractivity contribution in [1.29, 1.82) is 5.26 Å². The van der Waals surface area contributed by atoms with Crippen molar-refractivity contribution in [1.82, 2.24) is 9.78 Å². The quantitative estimate of drug-likeness (QED) is 0.628. The van der Waals surface area contributed by atoms with E-state index in [-0.39, 0.29) is 22.7 Å². The molecule has 0 aliphatic rings. The molecule has 1 heterocycles. The van der Waals surface area contributed by atoms with Crippen LogP contribution in [0, 0.1) is 35.3 Å². The van der Waals surface area contributed by atoms with Gasteiger partial charge < -0.3 is 10.1 Å². The van der Waals surface area contributed by atoms with E-state index in [0.29, 0.717) is 11.3 Å². The number of aromatic nitrogens is 2. The molecule has 0 saturated heterocycles. The van der Waals surface area contributed by atoms with Gasteiger partial charge in [0, 0.05) is 0 Å². The van der Waals surface area contributed by atoms with E-state index in [4.69, 9.17) is 10.00 Å². The second-order valence-electron chi connectivity index (χ2n) is 5.35. The number of rotatable bonds is 5. The Morgan fingerprint density at radius 3 is 2.73 bits per heavy atom. The number of carbonyl (C=O) groups is 1. The molecule has 1 aromatic carbocycles. The van der Waals surface area contributed by atoms with Gasteiger partial charge in [0.15, 0.2) is 0 Å². The molecule has 0 atom stereocenters. The number of nitro groups is 1. The molecule has 10 nitrogen and oxygen atoms in total. The third-order valence-electron chi connectivity index (χ3n) is 3.72. The van der Waals surface area contributed by atoms with Gasteiger partial charge in [-0.15, -0.1) is 0 Å². The Bertz CT molecular complexity index is 990. The average molecular weight is 357 g/mol. The molecular formula is C16H15N5O5. The van der Waals surface area contributed by atoms with Crippen LogP contribution in [0.1, 0.15) is 16.8 Å². The summed E-state index contributed by atoms with van der Waals surface area (Å²) < 4.78 is 5.78. The molecule has 0 aliphatic carbocycles. The number of nitriles is 1. The molecule has 1 N–H and O–H groups in total. The van der Waals surface area contributed by atoms with E-state index >= 15 is 0 Å². The third kappa shape index (κ3) is 3.67. The Labute approximate surface area is 147 Å². The molecule has 0 radical (unpaired) electrons. The lowest BCUT2D eigenvalue weighted by Crippen LogP contribution is -2.32. The fraction of sp³-hybridized carbons (Fsp3) is 0.250. The molecule has 0 spiro atoms. The molecule has 2 aromatic rings. The van der Waals surface area contributed by atoms with Crippen LogP contribution in [0.5, 0.6) is 5.75 Å². The van der Waals surface area contributed by atoms with E-state index < -0.39 is 22.9 Å². The van der Waals surface area contributed by atoms with Crippen molar-refractivity contribution in [2.24, 2.45) is 0 Å². The number of benzene rings is 1. The number of amides is 1. The largest absolute Gasteiger partial charge is 0.496 e. The maximum absolute atomic E-state index is 12.2. The number of methoxy groups -OCH3 is 1. The lowest BCUT2D eigenvalue weighted by Gasteiger charge is -2.10. The minimum absolute atomic E-state index is 0.0433. The molecule has 26 heavy (non-hydrogen) atoms. The summed E-state index contributed by atoms with van der Waals surface area (Å²) in [7, 11) is 1.36. The highest BCUT2D eigenvalue weighted by Crippen LogP contribution is 2.28. The van der Waals surface area contributed by atoms with Crippen molar-refractivity contribution in [3.05, 3.63) is 55.5 Å². The molecule has 0 bridgehead atoms. The first-order chi connectivity index (χ1) is 12.3. The van der Waals surface area contributed by atoms with Gasteiger partial charge in [-0.05, 0) is 31.5 Å². The van der Waals surface area contributed by atoms with Crippen molar-refractivity contribution in [3.63, 3.8) is 0 Å². The monoisotopic (exact) mass is 357 g/mol. The van der Waals surface area contributed by atoms with Crippen LogP contribution in [0.2, 0.25) is 0 Å². The highest BCUT2D eigenvalue weighted by atomic mass is 16.6. The van der Waals surface area contributed by atoms with Gasteiger partial charge in [0.1, 0.15) is 29.6 Å². The van der Waals surface area contributed by atoms with Crippen LogP contribution < -0.4 is 15.6 Å². The Kier molecular flexibility index (Phi) is 5.32. The predicted octanol–water partition coefficient (Wildman–Crippen LogP) is 1.29. The number of ether oxygens (including phenoxy) is 1. The van der Waals surface area contributed by atoms with Crippen LogP contribution in [0.3, 0.4) is 0 Å². The van der Waals surface area contributed by atoms with Crippen molar-refractivity contribution in [2.45, 2.75) is 20.4 Å². The lowest BCUT2D eigenvalue weighted by molar-refractivity contribution is -0.384. The zero-order chi connectivity index (χ0) is 19.4. The first-order valence-corrected chi connectivity index (χ1v) is 7.39. The van der Waals surface area contributed by atoms with Crippen molar-refractivity contribution in [2.75, 3.05) is 12.4 Å². The van der Waals surface area contributed by atoms with Gasteiger partial charge in [0.25, 0.3) is 11.2 Å². The van der Waals surface area contributed by atoms with E-state index in [1.165, 1.54) is 25.3 Å². The Hall–Kier alpha value is -3.74. The van der Waals surface area contributed by atoms with E-state index in [1.807, 2.05) is 0 Å². The normalized spacial score (nSPS) is 10.1. The maximum atomic E-state index is 12.2. The standard InChI is InChI=1S/C16H15N5O5/c1-9-10(2)19-20(16(23)12(9)7-17)8-15(22)18-13-5-4-11(26-3)6-14(13)21(24)25/h4-6H,8H2,1-3H3,(H,18,22). The highest BCUT2D eigenvalue weighted by Gasteiger charge is 2.19. The molecular weight excluding hydrogens is 342 g/mol. The number of nitrogens with zero attached hydrogens (tertiary/aromatic N) is 4. The number of hydrogen-bond acceptors (Lipinski definition) is 7. The molecule has 0 aliphatic heterocycles. The zero-order valence-electron chi connectivity index (χ0n) is 14.3. The summed E-state index contributed by atoms with van der Waals surface area (Å²) in [5.41, 5.74) is -0.311. The smallest absolute Gasteiger partial charge is 0.296 e.